The Morgan fingerprint density at radius 2 is 1.78 bits per heavy atom. The molecule has 0 atom stereocenters. The molecule has 3 rings (SSSR count). The van der Waals surface area contributed by atoms with Crippen LogP contribution in [0.2, 0.25) is 0 Å². The highest BCUT2D eigenvalue weighted by Crippen LogP contribution is 2.23. The van der Waals surface area contributed by atoms with Gasteiger partial charge < -0.3 is 5.32 Å². The number of anilines is 1. The van der Waals surface area contributed by atoms with Crippen LogP contribution >= 0.6 is 0 Å². The van der Waals surface area contributed by atoms with Gasteiger partial charge in [-0.1, -0.05) is 24.3 Å². The molecule has 0 saturated heterocycles. The van der Waals surface area contributed by atoms with E-state index < -0.39 is 0 Å². The average molecular weight is 306 g/mol. The molecule has 1 amide bonds. The van der Waals surface area contributed by atoms with Crippen LogP contribution < -0.4 is 5.32 Å². The SMILES string of the molecule is Cc1cc(F)ccc1-c1cccc(NC(=O)c2ccccc2)n1. The van der Waals surface area contributed by atoms with Crippen molar-refractivity contribution in [2.24, 2.45) is 0 Å². The molecule has 0 radical (unpaired) electrons. The molecule has 4 heteroatoms. The molecule has 0 saturated carbocycles. The Labute approximate surface area is 133 Å². The van der Waals surface area contributed by atoms with E-state index in [2.05, 4.69) is 10.3 Å². The van der Waals surface area contributed by atoms with E-state index in [1.54, 1.807) is 36.4 Å². The first-order chi connectivity index (χ1) is 11.1. The number of aromatic nitrogens is 1. The summed E-state index contributed by atoms with van der Waals surface area (Å²) in [6.07, 6.45) is 0. The maximum atomic E-state index is 13.2. The molecule has 0 spiro atoms. The van der Waals surface area contributed by atoms with Crippen LogP contribution in [0.3, 0.4) is 0 Å². The lowest BCUT2D eigenvalue weighted by Gasteiger charge is -2.09. The van der Waals surface area contributed by atoms with E-state index in [9.17, 15) is 9.18 Å². The summed E-state index contributed by atoms with van der Waals surface area (Å²) in [7, 11) is 0. The fraction of sp³-hybridized carbons (Fsp3) is 0.0526. The van der Waals surface area contributed by atoms with Crippen molar-refractivity contribution < 1.29 is 9.18 Å². The number of nitrogens with one attached hydrogen (secondary N) is 1. The fourth-order valence-electron chi connectivity index (χ4n) is 2.35. The van der Waals surface area contributed by atoms with E-state index in [-0.39, 0.29) is 11.7 Å². The van der Waals surface area contributed by atoms with E-state index in [1.807, 2.05) is 25.1 Å². The fourth-order valence-corrected chi connectivity index (χ4v) is 2.35. The number of hydrogen-bond donors (Lipinski definition) is 1. The second kappa shape index (κ2) is 6.40. The number of rotatable bonds is 3. The highest BCUT2D eigenvalue weighted by atomic mass is 19.1. The zero-order valence-corrected chi connectivity index (χ0v) is 12.6. The number of carbonyl (C=O) groups is 1. The van der Waals surface area contributed by atoms with E-state index in [0.717, 1.165) is 11.1 Å². The summed E-state index contributed by atoms with van der Waals surface area (Å²) in [5.41, 5.74) is 2.89. The minimum absolute atomic E-state index is 0.217. The van der Waals surface area contributed by atoms with Crippen molar-refractivity contribution in [1.29, 1.82) is 0 Å². The molecule has 1 aromatic heterocycles. The summed E-state index contributed by atoms with van der Waals surface area (Å²) in [6, 6.07) is 18.9. The molecule has 0 aliphatic carbocycles. The second-order valence-corrected chi connectivity index (χ2v) is 5.19. The van der Waals surface area contributed by atoms with Crippen molar-refractivity contribution in [1.82, 2.24) is 4.98 Å². The van der Waals surface area contributed by atoms with Crippen LogP contribution in [0.25, 0.3) is 11.3 Å². The van der Waals surface area contributed by atoms with Crippen LogP contribution in [-0.2, 0) is 0 Å². The molecule has 0 aliphatic heterocycles. The Balaban J connectivity index is 1.87. The first-order valence-corrected chi connectivity index (χ1v) is 7.23. The average Bonchev–Trinajstić information content (AvgIpc) is 2.56. The molecule has 23 heavy (non-hydrogen) atoms. The summed E-state index contributed by atoms with van der Waals surface area (Å²) >= 11 is 0. The first-order valence-electron chi connectivity index (χ1n) is 7.23. The lowest BCUT2D eigenvalue weighted by molar-refractivity contribution is 0.102. The Morgan fingerprint density at radius 3 is 2.52 bits per heavy atom. The van der Waals surface area contributed by atoms with Crippen LogP contribution in [-0.4, -0.2) is 10.9 Å². The maximum Gasteiger partial charge on any atom is 0.256 e. The van der Waals surface area contributed by atoms with Gasteiger partial charge in [-0.2, -0.15) is 0 Å². The summed E-state index contributed by atoms with van der Waals surface area (Å²) in [6.45, 7) is 1.83. The van der Waals surface area contributed by atoms with Crippen molar-refractivity contribution >= 4 is 11.7 Å². The second-order valence-electron chi connectivity index (χ2n) is 5.19. The van der Waals surface area contributed by atoms with Crippen molar-refractivity contribution in [2.45, 2.75) is 6.92 Å². The van der Waals surface area contributed by atoms with Gasteiger partial charge in [-0.05, 0) is 55.0 Å². The van der Waals surface area contributed by atoms with E-state index in [0.29, 0.717) is 17.1 Å². The van der Waals surface area contributed by atoms with Gasteiger partial charge in [0.1, 0.15) is 11.6 Å². The molecule has 114 valence electrons. The number of hydrogen-bond acceptors (Lipinski definition) is 2. The van der Waals surface area contributed by atoms with Crippen molar-refractivity contribution in [3.63, 3.8) is 0 Å². The van der Waals surface area contributed by atoms with Gasteiger partial charge in [-0.3, -0.25) is 4.79 Å². The third kappa shape index (κ3) is 3.43. The molecule has 0 bridgehead atoms. The van der Waals surface area contributed by atoms with Gasteiger partial charge in [0.05, 0.1) is 5.69 Å². The van der Waals surface area contributed by atoms with Crippen molar-refractivity contribution in [3.8, 4) is 11.3 Å². The van der Waals surface area contributed by atoms with Crippen LogP contribution in [0.15, 0.2) is 66.7 Å². The molecular formula is C19H15FN2O. The Hall–Kier alpha value is -3.01. The summed E-state index contributed by atoms with van der Waals surface area (Å²) in [5.74, 6) is -0.0362. The zero-order valence-electron chi connectivity index (χ0n) is 12.6. The minimum atomic E-state index is -0.278. The predicted octanol–water partition coefficient (Wildman–Crippen LogP) is 4.45. The van der Waals surface area contributed by atoms with Crippen LogP contribution in [0, 0.1) is 12.7 Å². The number of halogens is 1. The lowest BCUT2D eigenvalue weighted by Crippen LogP contribution is -2.12. The smallest absolute Gasteiger partial charge is 0.256 e. The molecule has 0 unspecified atom stereocenters. The van der Waals surface area contributed by atoms with Gasteiger partial charge in [0.25, 0.3) is 5.91 Å². The van der Waals surface area contributed by atoms with Gasteiger partial charge in [0.15, 0.2) is 0 Å². The summed E-state index contributed by atoms with van der Waals surface area (Å²) in [5, 5.41) is 2.78. The number of amides is 1. The number of aryl methyl sites for hydroxylation is 1. The van der Waals surface area contributed by atoms with Crippen LogP contribution in [0.4, 0.5) is 10.2 Å². The number of benzene rings is 2. The normalized spacial score (nSPS) is 10.3. The molecule has 2 aromatic carbocycles. The molecule has 3 nitrogen and oxygen atoms in total. The monoisotopic (exact) mass is 306 g/mol. The number of nitrogens with zero attached hydrogens (tertiary/aromatic N) is 1. The largest absolute Gasteiger partial charge is 0.307 e. The summed E-state index contributed by atoms with van der Waals surface area (Å²) < 4.78 is 13.2. The summed E-state index contributed by atoms with van der Waals surface area (Å²) in [4.78, 5) is 16.6. The van der Waals surface area contributed by atoms with Gasteiger partial charge in [-0.25, -0.2) is 9.37 Å². The van der Waals surface area contributed by atoms with Crippen molar-refractivity contribution in [2.75, 3.05) is 5.32 Å². The van der Waals surface area contributed by atoms with E-state index >= 15 is 0 Å². The van der Waals surface area contributed by atoms with Crippen LogP contribution in [0.5, 0.6) is 0 Å². The molecular weight excluding hydrogens is 291 g/mol. The first kappa shape index (κ1) is 14.9. The highest BCUT2D eigenvalue weighted by Gasteiger charge is 2.09. The Bertz CT molecular complexity index is 847. The third-order valence-electron chi connectivity index (χ3n) is 3.49. The molecule has 1 N–H and O–H groups in total. The van der Waals surface area contributed by atoms with Crippen LogP contribution in [0.1, 0.15) is 15.9 Å². The standard InChI is InChI=1S/C19H15FN2O/c1-13-12-15(20)10-11-16(13)17-8-5-9-18(21-17)22-19(23)14-6-3-2-4-7-14/h2-12H,1H3,(H,21,22,23). The minimum Gasteiger partial charge on any atom is -0.307 e. The number of pyridine rings is 1. The Morgan fingerprint density at radius 1 is 1.00 bits per heavy atom. The molecule has 1 heterocycles. The Kier molecular flexibility index (Phi) is 4.15. The van der Waals surface area contributed by atoms with E-state index in [4.69, 9.17) is 0 Å². The number of carbonyl (C=O) groups excluding carboxylic acids is 1. The molecule has 0 fully saturated rings. The van der Waals surface area contributed by atoms with Gasteiger partial charge in [0, 0.05) is 11.1 Å². The molecule has 3 aromatic rings. The predicted molar refractivity (Wildman–Crippen MR) is 88.8 cm³/mol. The lowest BCUT2D eigenvalue weighted by atomic mass is 10.1. The maximum absolute atomic E-state index is 13.2. The van der Waals surface area contributed by atoms with Gasteiger partial charge in [-0.15, -0.1) is 0 Å². The molecule has 0 aliphatic rings. The van der Waals surface area contributed by atoms with Gasteiger partial charge in [0.2, 0.25) is 0 Å². The topological polar surface area (TPSA) is 42.0 Å². The van der Waals surface area contributed by atoms with E-state index in [1.165, 1.54) is 12.1 Å². The van der Waals surface area contributed by atoms with Gasteiger partial charge >= 0.3 is 0 Å². The zero-order chi connectivity index (χ0) is 16.2. The van der Waals surface area contributed by atoms with Crippen molar-refractivity contribution in [3.05, 3.63) is 83.7 Å². The third-order valence-corrected chi connectivity index (χ3v) is 3.49. The quantitative estimate of drug-likeness (QED) is 0.777. The highest BCUT2D eigenvalue weighted by molar-refractivity contribution is 6.03.